The molecule has 0 radical (unpaired) electrons. The molecule has 3 nitrogen and oxygen atoms in total. The van der Waals surface area contributed by atoms with Gasteiger partial charge in [0.15, 0.2) is 0 Å². The third kappa shape index (κ3) is 2.91. The van der Waals surface area contributed by atoms with E-state index in [1.54, 1.807) is 22.7 Å². The average Bonchev–Trinajstić information content (AvgIpc) is 2.87. The molecule has 1 N–H and O–H groups in total. The smallest absolute Gasteiger partial charge is 0.112 e. The van der Waals surface area contributed by atoms with Gasteiger partial charge in [-0.1, -0.05) is 0 Å². The van der Waals surface area contributed by atoms with Crippen molar-refractivity contribution < 1.29 is 0 Å². The normalized spacial score (nSPS) is 12.0. The number of aromatic nitrogens is 2. The highest BCUT2D eigenvalue weighted by molar-refractivity contribution is 7.11. The van der Waals surface area contributed by atoms with Gasteiger partial charge in [0.1, 0.15) is 10.0 Å². The van der Waals surface area contributed by atoms with Gasteiger partial charge in [-0.3, -0.25) is 5.32 Å². The number of hydrogen-bond acceptors (Lipinski definition) is 5. The lowest BCUT2D eigenvalue weighted by molar-refractivity contribution is 0.399. The second kappa shape index (κ2) is 4.84. The van der Waals surface area contributed by atoms with E-state index in [0.717, 1.165) is 22.3 Å². The van der Waals surface area contributed by atoms with Gasteiger partial charge in [0.25, 0.3) is 0 Å². The Morgan fingerprint density at radius 2 is 2.12 bits per heavy atom. The van der Waals surface area contributed by atoms with E-state index in [1.807, 2.05) is 11.6 Å². The summed E-state index contributed by atoms with van der Waals surface area (Å²) in [4.78, 5) is 10.2. The van der Waals surface area contributed by atoms with E-state index in [2.05, 4.69) is 43.0 Å². The Balaban J connectivity index is 2.02. The van der Waals surface area contributed by atoms with Crippen LogP contribution in [0.15, 0.2) is 11.6 Å². The van der Waals surface area contributed by atoms with Crippen LogP contribution in [0.5, 0.6) is 0 Å². The van der Waals surface area contributed by atoms with Crippen LogP contribution in [0.3, 0.4) is 0 Å². The molecule has 0 aromatic carbocycles. The minimum Gasteiger partial charge on any atom is -0.299 e. The maximum absolute atomic E-state index is 4.53. The summed E-state index contributed by atoms with van der Waals surface area (Å²) in [6, 6.07) is 0. The molecule has 0 saturated carbocycles. The Morgan fingerprint density at radius 1 is 1.35 bits per heavy atom. The third-order valence-corrected chi connectivity index (χ3v) is 4.89. The summed E-state index contributed by atoms with van der Waals surface area (Å²) in [5.74, 6) is 0. The number of nitrogens with one attached hydrogen (secondary N) is 1. The largest absolute Gasteiger partial charge is 0.299 e. The zero-order valence-electron chi connectivity index (χ0n) is 10.6. The first-order valence-electron chi connectivity index (χ1n) is 5.57. The van der Waals surface area contributed by atoms with Gasteiger partial charge in [-0.2, -0.15) is 0 Å². The predicted octanol–water partition coefficient (Wildman–Crippen LogP) is 3.24. The molecule has 0 atom stereocenters. The average molecular weight is 267 g/mol. The van der Waals surface area contributed by atoms with Crippen LogP contribution in [0, 0.1) is 13.8 Å². The van der Waals surface area contributed by atoms with E-state index in [0.29, 0.717) is 0 Å². The first-order chi connectivity index (χ1) is 7.99. The van der Waals surface area contributed by atoms with Crippen LogP contribution in [-0.2, 0) is 12.1 Å². The standard InChI is InChI=1S/C12H17N3S2/c1-8-9(2)17-10(15-8)7-14-12(3,4)11-13-5-6-16-11/h5-6,14H,7H2,1-4H3. The van der Waals surface area contributed by atoms with Crippen LogP contribution >= 0.6 is 22.7 Å². The van der Waals surface area contributed by atoms with Gasteiger partial charge in [0, 0.05) is 23.0 Å². The minimum absolute atomic E-state index is 0.0956. The molecular formula is C12H17N3S2. The van der Waals surface area contributed by atoms with Gasteiger partial charge in [-0.15, -0.1) is 22.7 Å². The van der Waals surface area contributed by atoms with Crippen molar-refractivity contribution in [1.82, 2.24) is 15.3 Å². The summed E-state index contributed by atoms with van der Waals surface area (Å²) in [6.07, 6.45) is 1.85. The molecule has 2 rings (SSSR count). The summed E-state index contributed by atoms with van der Waals surface area (Å²) in [5, 5.41) is 7.78. The molecule has 2 heterocycles. The Hall–Kier alpha value is -0.780. The van der Waals surface area contributed by atoms with Gasteiger partial charge in [0.2, 0.25) is 0 Å². The van der Waals surface area contributed by atoms with Crippen molar-refractivity contribution in [3.63, 3.8) is 0 Å². The Labute approximate surface area is 110 Å². The third-order valence-electron chi connectivity index (χ3n) is 2.72. The fraction of sp³-hybridized carbons (Fsp3) is 0.500. The van der Waals surface area contributed by atoms with Crippen LogP contribution in [0.2, 0.25) is 0 Å². The van der Waals surface area contributed by atoms with Gasteiger partial charge in [-0.05, 0) is 27.7 Å². The van der Waals surface area contributed by atoms with E-state index in [-0.39, 0.29) is 5.54 Å². The Kier molecular flexibility index (Phi) is 3.61. The van der Waals surface area contributed by atoms with Crippen molar-refractivity contribution >= 4 is 22.7 Å². The summed E-state index contributed by atoms with van der Waals surface area (Å²) in [7, 11) is 0. The second-order valence-corrected chi connectivity index (χ2v) is 6.75. The molecule has 0 aliphatic rings. The van der Waals surface area contributed by atoms with Gasteiger partial charge < -0.3 is 0 Å². The molecule has 0 bridgehead atoms. The topological polar surface area (TPSA) is 37.8 Å². The molecule has 0 spiro atoms. The van der Waals surface area contributed by atoms with E-state index in [9.17, 15) is 0 Å². The number of aryl methyl sites for hydroxylation is 2. The molecule has 0 aliphatic carbocycles. The molecular weight excluding hydrogens is 250 g/mol. The lowest BCUT2D eigenvalue weighted by Crippen LogP contribution is -2.35. The van der Waals surface area contributed by atoms with Crippen LogP contribution in [-0.4, -0.2) is 9.97 Å². The number of hydrogen-bond donors (Lipinski definition) is 1. The SMILES string of the molecule is Cc1nc(CNC(C)(C)c2nccs2)sc1C. The molecule has 2 aromatic heterocycles. The maximum Gasteiger partial charge on any atom is 0.112 e. The molecule has 0 unspecified atom stereocenters. The molecule has 17 heavy (non-hydrogen) atoms. The van der Waals surface area contributed by atoms with Crippen molar-refractivity contribution in [3.8, 4) is 0 Å². The zero-order valence-corrected chi connectivity index (χ0v) is 12.2. The maximum atomic E-state index is 4.53. The minimum atomic E-state index is -0.0956. The van der Waals surface area contributed by atoms with E-state index < -0.39 is 0 Å². The zero-order chi connectivity index (χ0) is 12.5. The van der Waals surface area contributed by atoms with Crippen molar-refractivity contribution in [2.75, 3.05) is 0 Å². The van der Waals surface area contributed by atoms with Crippen molar-refractivity contribution in [1.29, 1.82) is 0 Å². The number of rotatable bonds is 4. The van der Waals surface area contributed by atoms with Gasteiger partial charge in [0.05, 0.1) is 11.2 Å². The van der Waals surface area contributed by atoms with Crippen molar-refractivity contribution in [2.24, 2.45) is 0 Å². The molecule has 92 valence electrons. The highest BCUT2D eigenvalue weighted by Crippen LogP contribution is 2.23. The Bertz CT molecular complexity index is 466. The quantitative estimate of drug-likeness (QED) is 0.924. The highest BCUT2D eigenvalue weighted by Gasteiger charge is 2.22. The lowest BCUT2D eigenvalue weighted by Gasteiger charge is -2.23. The first-order valence-corrected chi connectivity index (χ1v) is 7.26. The summed E-state index contributed by atoms with van der Waals surface area (Å²) in [5.41, 5.74) is 1.04. The molecule has 0 aliphatic heterocycles. The Morgan fingerprint density at radius 3 is 2.65 bits per heavy atom. The fourth-order valence-corrected chi connectivity index (χ4v) is 3.13. The first kappa shape index (κ1) is 12.7. The van der Waals surface area contributed by atoms with E-state index >= 15 is 0 Å². The number of nitrogens with zero attached hydrogens (tertiary/aromatic N) is 2. The lowest BCUT2D eigenvalue weighted by atomic mass is 10.1. The van der Waals surface area contributed by atoms with Crippen molar-refractivity contribution in [2.45, 2.75) is 39.8 Å². The molecule has 0 fully saturated rings. The summed E-state index contributed by atoms with van der Waals surface area (Å²) >= 11 is 3.44. The fourth-order valence-electron chi connectivity index (χ4n) is 1.52. The predicted molar refractivity (Wildman–Crippen MR) is 73.6 cm³/mol. The molecule has 0 saturated heterocycles. The van der Waals surface area contributed by atoms with Crippen molar-refractivity contribution in [3.05, 3.63) is 32.2 Å². The van der Waals surface area contributed by atoms with Crippen LogP contribution in [0.25, 0.3) is 0 Å². The second-order valence-electron chi connectivity index (χ2n) is 4.57. The van der Waals surface area contributed by atoms with Crippen LogP contribution in [0.1, 0.15) is 34.4 Å². The van der Waals surface area contributed by atoms with Gasteiger partial charge >= 0.3 is 0 Å². The molecule has 0 amide bonds. The van der Waals surface area contributed by atoms with E-state index in [1.165, 1.54) is 4.88 Å². The monoisotopic (exact) mass is 267 g/mol. The summed E-state index contributed by atoms with van der Waals surface area (Å²) < 4.78 is 0. The van der Waals surface area contributed by atoms with E-state index in [4.69, 9.17) is 0 Å². The number of thiazole rings is 2. The molecule has 5 heteroatoms. The van der Waals surface area contributed by atoms with Crippen LogP contribution < -0.4 is 5.32 Å². The van der Waals surface area contributed by atoms with Gasteiger partial charge in [-0.25, -0.2) is 9.97 Å². The molecule has 2 aromatic rings. The van der Waals surface area contributed by atoms with Crippen LogP contribution in [0.4, 0.5) is 0 Å². The summed E-state index contributed by atoms with van der Waals surface area (Å²) in [6.45, 7) is 9.27. The highest BCUT2D eigenvalue weighted by atomic mass is 32.1.